The van der Waals surface area contributed by atoms with Crippen molar-refractivity contribution in [1.82, 2.24) is 0 Å². The van der Waals surface area contributed by atoms with Crippen molar-refractivity contribution < 1.29 is 18.1 Å². The van der Waals surface area contributed by atoms with E-state index in [0.29, 0.717) is 6.07 Å². The van der Waals surface area contributed by atoms with E-state index in [4.69, 9.17) is 5.73 Å². The van der Waals surface area contributed by atoms with Gasteiger partial charge in [0, 0.05) is 5.56 Å². The Morgan fingerprint density at radius 1 is 1.05 bits per heavy atom. The van der Waals surface area contributed by atoms with Gasteiger partial charge in [-0.2, -0.15) is 0 Å². The van der Waals surface area contributed by atoms with Crippen LogP contribution in [-0.4, -0.2) is 4.92 Å². The molecule has 2 aromatic carbocycles. The van der Waals surface area contributed by atoms with Gasteiger partial charge in [-0.05, 0) is 24.3 Å². The van der Waals surface area contributed by atoms with E-state index < -0.39 is 33.7 Å². The minimum atomic E-state index is -1.12. The fraction of sp³-hybridized carbons (Fsp3) is 0. The summed E-state index contributed by atoms with van der Waals surface area (Å²) in [6, 6.07) is 4.56. The fourth-order valence-electron chi connectivity index (χ4n) is 1.66. The summed E-state index contributed by atoms with van der Waals surface area (Å²) in [5, 5.41) is 10.8. The highest BCUT2D eigenvalue weighted by atomic mass is 19.1. The Hall–Kier alpha value is -2.57. The van der Waals surface area contributed by atoms with Crippen molar-refractivity contribution >= 4 is 11.4 Å². The zero-order valence-electron chi connectivity index (χ0n) is 9.36. The number of halogens is 3. The normalized spacial score (nSPS) is 10.5. The number of nitro groups is 1. The summed E-state index contributed by atoms with van der Waals surface area (Å²) in [5.74, 6) is -2.91. The van der Waals surface area contributed by atoms with E-state index >= 15 is 0 Å². The molecular formula is C12H7F3N2O2. The first kappa shape index (κ1) is 12.9. The van der Waals surface area contributed by atoms with Crippen LogP contribution in [0.15, 0.2) is 30.3 Å². The molecule has 2 rings (SSSR count). The van der Waals surface area contributed by atoms with Gasteiger partial charge in [-0.15, -0.1) is 0 Å². The predicted octanol–water partition coefficient (Wildman–Crippen LogP) is 3.26. The topological polar surface area (TPSA) is 69.2 Å². The summed E-state index contributed by atoms with van der Waals surface area (Å²) in [5.41, 5.74) is 3.39. The molecular weight excluding hydrogens is 261 g/mol. The first-order chi connectivity index (χ1) is 8.91. The van der Waals surface area contributed by atoms with Crippen LogP contribution in [0.4, 0.5) is 24.5 Å². The minimum Gasteiger partial charge on any atom is -0.394 e. The van der Waals surface area contributed by atoms with Crippen LogP contribution in [0.25, 0.3) is 11.1 Å². The minimum absolute atomic E-state index is 0.171. The van der Waals surface area contributed by atoms with Crippen molar-refractivity contribution in [3.8, 4) is 11.1 Å². The largest absolute Gasteiger partial charge is 0.394 e. The molecule has 0 bridgehead atoms. The Morgan fingerprint density at radius 2 is 1.68 bits per heavy atom. The van der Waals surface area contributed by atoms with Crippen LogP contribution in [0.1, 0.15) is 0 Å². The predicted molar refractivity (Wildman–Crippen MR) is 62.8 cm³/mol. The van der Waals surface area contributed by atoms with Crippen LogP contribution in [0.5, 0.6) is 0 Å². The zero-order valence-corrected chi connectivity index (χ0v) is 9.36. The summed E-state index contributed by atoms with van der Waals surface area (Å²) in [4.78, 5) is 9.97. The molecule has 0 unspecified atom stereocenters. The van der Waals surface area contributed by atoms with Gasteiger partial charge >= 0.3 is 0 Å². The lowest BCUT2D eigenvalue weighted by atomic mass is 10.0. The molecule has 0 atom stereocenters. The van der Waals surface area contributed by atoms with Crippen molar-refractivity contribution in [2.75, 3.05) is 5.73 Å². The molecule has 0 aromatic heterocycles. The summed E-state index contributed by atoms with van der Waals surface area (Å²) in [6.45, 7) is 0. The average molecular weight is 268 g/mol. The number of anilines is 1. The van der Waals surface area contributed by atoms with E-state index in [-0.39, 0.29) is 11.1 Å². The molecule has 0 spiro atoms. The van der Waals surface area contributed by atoms with Crippen LogP contribution < -0.4 is 5.73 Å². The van der Waals surface area contributed by atoms with Gasteiger partial charge in [0.2, 0.25) is 0 Å². The molecule has 0 aliphatic heterocycles. The second-order valence-electron chi connectivity index (χ2n) is 3.74. The highest BCUT2D eigenvalue weighted by Crippen LogP contribution is 2.34. The third-order valence-corrected chi connectivity index (χ3v) is 2.57. The van der Waals surface area contributed by atoms with Gasteiger partial charge < -0.3 is 5.73 Å². The van der Waals surface area contributed by atoms with Gasteiger partial charge in [0.25, 0.3) is 5.69 Å². The van der Waals surface area contributed by atoms with E-state index in [1.807, 2.05) is 0 Å². The SMILES string of the molecule is Nc1c(F)ccc(-c2ccc(F)cc2[N+](=O)[O-])c1F. The van der Waals surface area contributed by atoms with Crippen molar-refractivity contribution in [3.63, 3.8) is 0 Å². The summed E-state index contributed by atoms with van der Waals surface area (Å²) >= 11 is 0. The molecule has 98 valence electrons. The van der Waals surface area contributed by atoms with Gasteiger partial charge in [0.05, 0.1) is 16.6 Å². The number of nitrogen functional groups attached to an aromatic ring is 1. The summed E-state index contributed by atoms with van der Waals surface area (Å²) < 4.78 is 39.8. The Labute approximate surface area is 105 Å². The Kier molecular flexibility index (Phi) is 3.12. The Bertz CT molecular complexity index is 674. The van der Waals surface area contributed by atoms with Crippen LogP contribution in [0, 0.1) is 27.6 Å². The second-order valence-corrected chi connectivity index (χ2v) is 3.74. The maximum Gasteiger partial charge on any atom is 0.280 e. The van der Waals surface area contributed by atoms with Crippen molar-refractivity contribution in [2.24, 2.45) is 0 Å². The highest BCUT2D eigenvalue weighted by molar-refractivity contribution is 5.76. The van der Waals surface area contributed by atoms with E-state index in [9.17, 15) is 23.3 Å². The van der Waals surface area contributed by atoms with Crippen molar-refractivity contribution in [3.05, 3.63) is 57.9 Å². The number of hydrogen-bond donors (Lipinski definition) is 1. The lowest BCUT2D eigenvalue weighted by Crippen LogP contribution is -2.00. The molecule has 2 aromatic rings. The molecule has 0 saturated heterocycles. The molecule has 19 heavy (non-hydrogen) atoms. The molecule has 2 N–H and O–H groups in total. The monoisotopic (exact) mass is 268 g/mol. The average Bonchev–Trinajstić information content (AvgIpc) is 2.37. The summed E-state index contributed by atoms with van der Waals surface area (Å²) in [7, 11) is 0. The summed E-state index contributed by atoms with van der Waals surface area (Å²) in [6.07, 6.45) is 0. The standard InChI is InChI=1S/C12H7F3N2O2/c13-6-1-2-7(10(5-6)17(18)19)8-3-4-9(14)12(16)11(8)15/h1-5H,16H2. The number of rotatable bonds is 2. The number of nitrogens with zero attached hydrogens (tertiary/aromatic N) is 1. The Balaban J connectivity index is 2.72. The first-order valence-electron chi connectivity index (χ1n) is 5.09. The molecule has 0 aliphatic rings. The second kappa shape index (κ2) is 4.60. The zero-order chi connectivity index (χ0) is 14.2. The highest BCUT2D eigenvalue weighted by Gasteiger charge is 2.21. The smallest absolute Gasteiger partial charge is 0.280 e. The van der Waals surface area contributed by atoms with Crippen molar-refractivity contribution in [2.45, 2.75) is 0 Å². The van der Waals surface area contributed by atoms with E-state index in [2.05, 4.69) is 0 Å². The fourth-order valence-corrected chi connectivity index (χ4v) is 1.66. The lowest BCUT2D eigenvalue weighted by molar-refractivity contribution is -0.384. The van der Waals surface area contributed by atoms with Gasteiger partial charge in [-0.3, -0.25) is 10.1 Å². The maximum atomic E-state index is 13.8. The van der Waals surface area contributed by atoms with Crippen LogP contribution in [0.2, 0.25) is 0 Å². The molecule has 0 aliphatic carbocycles. The Morgan fingerprint density at radius 3 is 2.32 bits per heavy atom. The molecule has 0 radical (unpaired) electrons. The van der Waals surface area contributed by atoms with E-state index in [1.54, 1.807) is 0 Å². The van der Waals surface area contributed by atoms with Crippen molar-refractivity contribution in [1.29, 1.82) is 0 Å². The van der Waals surface area contributed by atoms with Gasteiger partial charge in [0.1, 0.15) is 17.3 Å². The molecule has 7 heteroatoms. The quantitative estimate of drug-likeness (QED) is 0.516. The lowest BCUT2D eigenvalue weighted by Gasteiger charge is -2.07. The number of nitrogens with two attached hydrogens (primary N) is 1. The van der Waals surface area contributed by atoms with E-state index in [1.165, 1.54) is 0 Å². The van der Waals surface area contributed by atoms with E-state index in [0.717, 1.165) is 24.3 Å². The van der Waals surface area contributed by atoms with Gasteiger partial charge in [-0.1, -0.05) is 0 Å². The molecule has 0 amide bonds. The molecule has 0 fully saturated rings. The van der Waals surface area contributed by atoms with Crippen LogP contribution in [0.3, 0.4) is 0 Å². The van der Waals surface area contributed by atoms with Crippen LogP contribution in [-0.2, 0) is 0 Å². The third kappa shape index (κ3) is 2.22. The maximum absolute atomic E-state index is 13.8. The number of nitro benzene ring substituents is 1. The van der Waals surface area contributed by atoms with Crippen LogP contribution >= 0.6 is 0 Å². The van der Waals surface area contributed by atoms with Gasteiger partial charge in [0.15, 0.2) is 5.82 Å². The third-order valence-electron chi connectivity index (χ3n) is 2.57. The number of benzene rings is 2. The number of hydrogen-bond acceptors (Lipinski definition) is 3. The molecule has 4 nitrogen and oxygen atoms in total. The first-order valence-corrected chi connectivity index (χ1v) is 5.09. The van der Waals surface area contributed by atoms with Gasteiger partial charge in [-0.25, -0.2) is 13.2 Å². The molecule has 0 saturated carbocycles. The molecule has 0 heterocycles.